The summed E-state index contributed by atoms with van der Waals surface area (Å²) in [7, 11) is 2.04. The van der Waals surface area contributed by atoms with E-state index in [2.05, 4.69) is 139 Å². The fourth-order valence-corrected chi connectivity index (χ4v) is 7.15. The first-order valence-electron chi connectivity index (χ1n) is 16.1. The van der Waals surface area contributed by atoms with Crippen molar-refractivity contribution in [2.75, 3.05) is 16.8 Å². The molecule has 50 heavy (non-hydrogen) atoms. The Balaban J connectivity index is 0.00000336. The van der Waals surface area contributed by atoms with Crippen molar-refractivity contribution in [2.24, 2.45) is 0 Å². The summed E-state index contributed by atoms with van der Waals surface area (Å²) in [5.74, 6) is 1.69. The molecule has 0 unspecified atom stereocenters. The van der Waals surface area contributed by atoms with Crippen LogP contribution in [-0.4, -0.2) is 26.1 Å². The number of hydrogen-bond acceptors (Lipinski definition) is 5. The molecule has 1 aliphatic rings. The summed E-state index contributed by atoms with van der Waals surface area (Å²) in [5.41, 5.74) is 8.27. The zero-order valence-electron chi connectivity index (χ0n) is 26.8. The van der Waals surface area contributed by atoms with Gasteiger partial charge in [0, 0.05) is 66.7 Å². The number of ether oxygens (including phenoxy) is 1. The normalized spacial score (nSPS) is 12.6. The van der Waals surface area contributed by atoms with Crippen molar-refractivity contribution in [1.29, 1.82) is 0 Å². The summed E-state index contributed by atoms with van der Waals surface area (Å²) in [6.07, 6.45) is 3.63. The van der Waals surface area contributed by atoms with Gasteiger partial charge in [0.25, 0.3) is 0 Å². The van der Waals surface area contributed by atoms with Gasteiger partial charge in [-0.2, -0.15) is 30.6 Å². The molecule has 8 heteroatoms. The largest absolute Gasteiger partial charge is 0.504 e. The van der Waals surface area contributed by atoms with Crippen LogP contribution in [0.2, 0.25) is 0 Å². The Morgan fingerprint density at radius 1 is 0.600 bits per heavy atom. The van der Waals surface area contributed by atoms with Crippen molar-refractivity contribution in [3.63, 3.8) is 0 Å². The molecule has 5 heterocycles. The first-order chi connectivity index (χ1) is 24.2. The molecule has 0 fully saturated rings. The molecule has 0 atom stereocenters. The Kier molecular flexibility index (Phi) is 7.18. The molecule has 7 nitrogen and oxygen atoms in total. The number of aromatic nitrogens is 4. The number of anilines is 3. The van der Waals surface area contributed by atoms with Gasteiger partial charge in [0.15, 0.2) is 0 Å². The van der Waals surface area contributed by atoms with Gasteiger partial charge in [-0.25, -0.2) is 4.98 Å². The second-order valence-corrected chi connectivity index (χ2v) is 12.1. The van der Waals surface area contributed by atoms with Crippen LogP contribution in [0.5, 0.6) is 11.6 Å². The Labute approximate surface area is 302 Å². The molecule has 5 aromatic carbocycles. The number of hydrogen-bond donors (Lipinski definition) is 0. The van der Waals surface area contributed by atoms with Gasteiger partial charge in [-0.15, -0.1) is 17.5 Å². The maximum atomic E-state index is 6.35. The molecule has 9 aromatic rings. The summed E-state index contributed by atoms with van der Waals surface area (Å²) in [6, 6.07) is 50.8. The monoisotopic (exact) mass is 826 g/mol. The third kappa shape index (κ3) is 4.69. The van der Waals surface area contributed by atoms with E-state index in [-0.39, 0.29) is 21.1 Å². The molecular weight excluding hydrogens is 800 g/mol. The summed E-state index contributed by atoms with van der Waals surface area (Å²) < 4.78 is 10.8. The van der Waals surface area contributed by atoms with Gasteiger partial charge in [0.05, 0.1) is 16.7 Å². The van der Waals surface area contributed by atoms with E-state index in [1.54, 1.807) is 6.20 Å². The summed E-state index contributed by atoms with van der Waals surface area (Å²) in [6.45, 7) is 2.04. The predicted molar refractivity (Wildman–Crippen MR) is 196 cm³/mol. The quantitative estimate of drug-likeness (QED) is 0.162. The van der Waals surface area contributed by atoms with Gasteiger partial charge in [-0.05, 0) is 55.0 Å². The Bertz CT molecular complexity index is 2680. The summed E-state index contributed by atoms with van der Waals surface area (Å²) >= 11 is 0. The number of nitrogens with zero attached hydrogens (tertiary/aromatic N) is 6. The first-order valence-corrected chi connectivity index (χ1v) is 16.1. The molecular formula is C42H27N6OPt-3. The van der Waals surface area contributed by atoms with Gasteiger partial charge in [0.2, 0.25) is 0 Å². The van der Waals surface area contributed by atoms with Crippen molar-refractivity contribution < 1.29 is 25.8 Å². The maximum Gasteiger partial charge on any atom is 0.137 e. The van der Waals surface area contributed by atoms with Crippen molar-refractivity contribution >= 4 is 60.7 Å². The minimum atomic E-state index is 0. The second kappa shape index (κ2) is 11.9. The van der Waals surface area contributed by atoms with Crippen molar-refractivity contribution in [2.45, 2.75) is 0 Å². The van der Waals surface area contributed by atoms with Gasteiger partial charge in [-0.1, -0.05) is 72.2 Å². The fourth-order valence-electron chi connectivity index (χ4n) is 7.15. The minimum absolute atomic E-state index is 0. The van der Waals surface area contributed by atoms with Crippen LogP contribution in [0, 0.1) is 18.8 Å². The third-order valence-corrected chi connectivity index (χ3v) is 9.29. The van der Waals surface area contributed by atoms with Crippen LogP contribution in [-0.2, 0) is 21.1 Å². The Morgan fingerprint density at radius 2 is 1.22 bits per heavy atom. The SMILES string of the molecule is CN1[CH-]N(c2[c-]c(Oc3[c-]c4c(cc3)c3ccccc3n4-c3cc(-n4c5ccccc5c5ccccc54)ccn3)ncc2)c2ccccc21.[Pt]. The molecule has 0 radical (unpaired) electrons. The average molecular weight is 827 g/mol. The number of rotatable bonds is 5. The predicted octanol–water partition coefficient (Wildman–Crippen LogP) is 9.77. The van der Waals surface area contributed by atoms with Gasteiger partial charge < -0.3 is 23.7 Å². The number of benzene rings is 5. The van der Waals surface area contributed by atoms with E-state index in [1.807, 2.05) is 44.2 Å². The van der Waals surface area contributed by atoms with Crippen LogP contribution < -0.4 is 14.5 Å². The Hall–Kier alpha value is -5.91. The number of pyridine rings is 2. The van der Waals surface area contributed by atoms with Crippen LogP contribution >= 0.6 is 0 Å². The molecule has 10 rings (SSSR count). The van der Waals surface area contributed by atoms with E-state index in [0.717, 1.165) is 61.4 Å². The summed E-state index contributed by atoms with van der Waals surface area (Å²) in [5, 5.41) is 4.61. The zero-order chi connectivity index (χ0) is 32.5. The van der Waals surface area contributed by atoms with Gasteiger partial charge in [-0.3, -0.25) is 4.98 Å². The average Bonchev–Trinajstić information content (AvgIpc) is 3.79. The molecule has 244 valence electrons. The fraction of sp³-hybridized carbons (Fsp3) is 0.0238. The molecule has 0 amide bonds. The molecule has 1 aliphatic heterocycles. The van der Waals surface area contributed by atoms with Crippen molar-refractivity contribution in [3.8, 4) is 23.1 Å². The smallest absolute Gasteiger partial charge is 0.137 e. The molecule has 0 saturated heterocycles. The molecule has 4 aromatic heterocycles. The summed E-state index contributed by atoms with van der Waals surface area (Å²) in [4.78, 5) is 13.6. The Morgan fingerprint density at radius 3 is 1.96 bits per heavy atom. The van der Waals surface area contributed by atoms with Crippen LogP contribution in [0.25, 0.3) is 55.1 Å². The maximum absolute atomic E-state index is 6.35. The second-order valence-electron chi connectivity index (χ2n) is 12.1. The van der Waals surface area contributed by atoms with Gasteiger partial charge in [0.1, 0.15) is 11.7 Å². The molecule has 0 aliphatic carbocycles. The van der Waals surface area contributed by atoms with E-state index < -0.39 is 0 Å². The first kappa shape index (κ1) is 30.2. The van der Waals surface area contributed by atoms with Crippen LogP contribution in [0.15, 0.2) is 140 Å². The molecule has 0 bridgehead atoms. The molecule has 0 spiro atoms. The topological polar surface area (TPSA) is 51.4 Å². The number of fused-ring (bicyclic) bond motifs is 7. The van der Waals surface area contributed by atoms with E-state index in [9.17, 15) is 0 Å². The van der Waals surface area contributed by atoms with Crippen LogP contribution in [0.4, 0.5) is 17.1 Å². The van der Waals surface area contributed by atoms with E-state index >= 15 is 0 Å². The van der Waals surface area contributed by atoms with Crippen molar-refractivity contribution in [3.05, 3.63) is 159 Å². The van der Waals surface area contributed by atoms with Crippen molar-refractivity contribution in [1.82, 2.24) is 19.1 Å². The van der Waals surface area contributed by atoms with Gasteiger partial charge >= 0.3 is 0 Å². The third-order valence-electron chi connectivity index (χ3n) is 9.29. The molecule has 0 saturated carbocycles. The zero-order valence-corrected chi connectivity index (χ0v) is 29.0. The van der Waals surface area contributed by atoms with Crippen LogP contribution in [0.3, 0.4) is 0 Å². The van der Waals surface area contributed by atoms with E-state index in [0.29, 0.717) is 11.6 Å². The van der Waals surface area contributed by atoms with Crippen LogP contribution in [0.1, 0.15) is 0 Å². The number of para-hydroxylation sites is 5. The molecule has 0 N–H and O–H groups in total. The minimum Gasteiger partial charge on any atom is -0.504 e. The van der Waals surface area contributed by atoms with E-state index in [4.69, 9.17) is 9.72 Å². The standard InChI is InChI=1S/C42H27N6O.Pt/c1-45-27-46(39-17-9-8-16-38(39)45)28-20-23-44-42(25-28)49-30-18-19-34-33-12-4-7-15-37(33)48(40(34)26-30)41-24-29(21-22-43-41)47-35-13-5-2-10-31(35)32-11-3-6-14-36(32)47;/h2-24,27H,1H3;/q-3;. The van der Waals surface area contributed by atoms with E-state index in [1.165, 1.54) is 10.8 Å².